The minimum atomic E-state index is -0.0596. The van der Waals surface area contributed by atoms with Crippen molar-refractivity contribution in [3.63, 3.8) is 0 Å². The molecule has 0 radical (unpaired) electrons. The summed E-state index contributed by atoms with van der Waals surface area (Å²) in [6, 6.07) is 6.15. The van der Waals surface area contributed by atoms with E-state index in [4.69, 9.17) is 9.84 Å². The topological polar surface area (TPSA) is 74.2 Å². The van der Waals surface area contributed by atoms with Crippen molar-refractivity contribution in [2.75, 3.05) is 31.6 Å². The maximum Gasteiger partial charge on any atom is 0.247 e. The Labute approximate surface area is 196 Å². The Hall–Kier alpha value is -2.83. The van der Waals surface area contributed by atoms with Crippen LogP contribution in [0.25, 0.3) is 0 Å². The molecule has 1 saturated heterocycles. The molecule has 4 rings (SSSR count). The first-order valence-electron chi connectivity index (χ1n) is 12.2. The molecule has 2 amide bonds. The second-order valence-electron chi connectivity index (χ2n) is 9.55. The van der Waals surface area contributed by atoms with Crippen LogP contribution in [0.3, 0.4) is 0 Å². The van der Waals surface area contributed by atoms with Crippen LogP contribution in [-0.4, -0.2) is 55.3 Å². The second kappa shape index (κ2) is 9.98. The van der Waals surface area contributed by atoms with Gasteiger partial charge in [0.25, 0.3) is 0 Å². The van der Waals surface area contributed by atoms with Crippen molar-refractivity contribution >= 4 is 23.2 Å². The van der Waals surface area contributed by atoms with E-state index >= 15 is 0 Å². The monoisotopic (exact) mass is 452 g/mol. The van der Waals surface area contributed by atoms with Crippen molar-refractivity contribution in [2.24, 2.45) is 22.9 Å². The van der Waals surface area contributed by atoms with Crippen LogP contribution >= 0.6 is 0 Å². The molecule has 178 valence electrons. The zero-order chi connectivity index (χ0) is 23.5. The first-order valence-corrected chi connectivity index (χ1v) is 12.2. The van der Waals surface area contributed by atoms with Gasteiger partial charge in [0.15, 0.2) is 0 Å². The number of allylic oxidation sites excluding steroid dienone is 2. The first kappa shape index (κ1) is 23.3. The van der Waals surface area contributed by atoms with Crippen LogP contribution < -0.4 is 15.0 Å². The van der Waals surface area contributed by atoms with Gasteiger partial charge in [0.05, 0.1) is 30.3 Å². The van der Waals surface area contributed by atoms with Gasteiger partial charge in [0, 0.05) is 37.2 Å². The van der Waals surface area contributed by atoms with Gasteiger partial charge in [-0.3, -0.25) is 9.59 Å². The maximum absolute atomic E-state index is 13.0. The summed E-state index contributed by atoms with van der Waals surface area (Å²) in [6.07, 6.45) is 7.94. The van der Waals surface area contributed by atoms with Crippen molar-refractivity contribution in [3.05, 3.63) is 35.9 Å². The Kier molecular flexibility index (Phi) is 7.05. The summed E-state index contributed by atoms with van der Waals surface area (Å²) >= 11 is 0. The van der Waals surface area contributed by atoms with Crippen molar-refractivity contribution < 1.29 is 14.3 Å². The molecule has 0 bridgehead atoms. The molecule has 7 heteroatoms. The largest absolute Gasteiger partial charge is 0.495 e. The Bertz CT molecular complexity index is 949. The summed E-state index contributed by atoms with van der Waals surface area (Å²) < 4.78 is 5.64. The van der Waals surface area contributed by atoms with Gasteiger partial charge in [-0.2, -0.15) is 5.10 Å². The van der Waals surface area contributed by atoms with Gasteiger partial charge in [-0.05, 0) is 51.3 Å². The third kappa shape index (κ3) is 4.63. The number of hydrogen-bond acceptors (Lipinski definition) is 5. The molecule has 3 aliphatic rings. The van der Waals surface area contributed by atoms with Crippen LogP contribution in [-0.2, 0) is 9.59 Å². The molecule has 1 N–H and O–H groups in total. The minimum Gasteiger partial charge on any atom is -0.495 e. The third-order valence-corrected chi connectivity index (χ3v) is 6.93. The molecule has 0 saturated carbocycles. The fraction of sp³-hybridized carbons (Fsp3) is 0.577. The fourth-order valence-electron chi connectivity index (χ4n) is 4.91. The number of ether oxygens (including phenoxy) is 1. The second-order valence-corrected chi connectivity index (χ2v) is 9.55. The number of unbranched alkanes of at least 4 members (excludes halogenated alkanes) is 1. The van der Waals surface area contributed by atoms with Crippen molar-refractivity contribution in [1.82, 2.24) is 10.3 Å². The number of carbonyl (C=O) groups is 2. The van der Waals surface area contributed by atoms with Gasteiger partial charge in [-0.1, -0.05) is 25.5 Å². The highest BCUT2D eigenvalue weighted by Crippen LogP contribution is 2.39. The van der Waals surface area contributed by atoms with E-state index in [9.17, 15) is 9.59 Å². The smallest absolute Gasteiger partial charge is 0.247 e. The van der Waals surface area contributed by atoms with Crippen LogP contribution in [0.5, 0.6) is 5.75 Å². The minimum absolute atomic E-state index is 0.00385. The van der Waals surface area contributed by atoms with E-state index in [0.717, 1.165) is 54.9 Å². The normalized spacial score (nSPS) is 22.7. The van der Waals surface area contributed by atoms with Crippen LogP contribution in [0.4, 0.5) is 5.69 Å². The lowest BCUT2D eigenvalue weighted by Gasteiger charge is -2.41. The summed E-state index contributed by atoms with van der Waals surface area (Å²) in [5.74, 6) is 1.08. The highest BCUT2D eigenvalue weighted by atomic mass is 16.5. The predicted octanol–water partition coefficient (Wildman–Crippen LogP) is 3.58. The Morgan fingerprint density at radius 1 is 1.21 bits per heavy atom. The van der Waals surface area contributed by atoms with Crippen LogP contribution in [0.2, 0.25) is 0 Å². The van der Waals surface area contributed by atoms with Gasteiger partial charge in [0.2, 0.25) is 11.8 Å². The molecule has 2 heterocycles. The van der Waals surface area contributed by atoms with Gasteiger partial charge < -0.3 is 15.0 Å². The van der Waals surface area contributed by atoms with Crippen molar-refractivity contribution in [1.29, 1.82) is 0 Å². The SMILES string of the molecule is CCCCNC(=O)C1CN(c2cc(C3=NN(C(C)C)C(=O)[C@@H]4CC=CC[C@H]34)ccc2OC)C1. The van der Waals surface area contributed by atoms with Crippen molar-refractivity contribution in [2.45, 2.75) is 52.5 Å². The number of rotatable bonds is 8. The molecular formula is C26H36N4O3. The first-order chi connectivity index (χ1) is 15.9. The summed E-state index contributed by atoms with van der Waals surface area (Å²) in [6.45, 7) is 8.22. The lowest BCUT2D eigenvalue weighted by Crippen LogP contribution is -2.54. The summed E-state index contributed by atoms with van der Waals surface area (Å²) in [4.78, 5) is 27.6. The van der Waals surface area contributed by atoms with Crippen LogP contribution in [0, 0.1) is 17.8 Å². The van der Waals surface area contributed by atoms with E-state index in [0.29, 0.717) is 13.1 Å². The predicted molar refractivity (Wildman–Crippen MR) is 130 cm³/mol. The summed E-state index contributed by atoms with van der Waals surface area (Å²) in [5, 5.41) is 9.54. The number of nitrogens with one attached hydrogen (secondary N) is 1. The highest BCUT2D eigenvalue weighted by molar-refractivity contribution is 6.07. The summed E-state index contributed by atoms with van der Waals surface area (Å²) in [7, 11) is 1.67. The lowest BCUT2D eigenvalue weighted by molar-refractivity contribution is -0.139. The number of fused-ring (bicyclic) bond motifs is 1. The van der Waals surface area contributed by atoms with E-state index in [1.165, 1.54) is 0 Å². The molecule has 1 aliphatic carbocycles. The Morgan fingerprint density at radius 3 is 2.61 bits per heavy atom. The molecule has 0 spiro atoms. The quantitative estimate of drug-likeness (QED) is 0.483. The number of carbonyl (C=O) groups excluding carboxylic acids is 2. The molecule has 0 aromatic heterocycles. The Balaban J connectivity index is 1.58. The van der Waals surface area contributed by atoms with E-state index < -0.39 is 0 Å². The molecule has 1 aromatic rings. The van der Waals surface area contributed by atoms with E-state index in [2.05, 4.69) is 35.4 Å². The molecule has 0 unspecified atom stereocenters. The number of benzene rings is 1. The highest BCUT2D eigenvalue weighted by Gasteiger charge is 2.41. The van der Waals surface area contributed by atoms with Gasteiger partial charge >= 0.3 is 0 Å². The Morgan fingerprint density at radius 2 is 1.94 bits per heavy atom. The molecule has 1 fully saturated rings. The molecule has 7 nitrogen and oxygen atoms in total. The average molecular weight is 453 g/mol. The number of anilines is 1. The standard InChI is InChI=1S/C26H36N4O3/c1-5-6-13-27-25(31)19-15-29(16-19)22-14-18(11-12-23(22)33-4)24-20-9-7-8-10-21(20)26(32)30(28-24)17(2)3/h7-8,11-12,14,17,19-21H,5-6,9-10,13,15-16H2,1-4H3,(H,27,31)/t20-,21+/m0/s1. The van der Waals surface area contributed by atoms with Gasteiger partial charge in [-0.25, -0.2) is 5.01 Å². The number of hydrogen-bond donors (Lipinski definition) is 1. The number of amides is 2. The third-order valence-electron chi connectivity index (χ3n) is 6.93. The van der Waals surface area contributed by atoms with E-state index in [-0.39, 0.29) is 35.6 Å². The number of hydrazone groups is 1. The maximum atomic E-state index is 13.0. The van der Waals surface area contributed by atoms with Crippen molar-refractivity contribution in [3.8, 4) is 5.75 Å². The molecule has 1 aromatic carbocycles. The lowest BCUT2D eigenvalue weighted by atomic mass is 9.76. The van der Waals surface area contributed by atoms with Gasteiger partial charge in [-0.15, -0.1) is 0 Å². The van der Waals surface area contributed by atoms with E-state index in [1.807, 2.05) is 26.0 Å². The van der Waals surface area contributed by atoms with Crippen LogP contribution in [0.1, 0.15) is 52.0 Å². The summed E-state index contributed by atoms with van der Waals surface area (Å²) in [5.41, 5.74) is 2.97. The zero-order valence-electron chi connectivity index (χ0n) is 20.2. The molecule has 2 atom stereocenters. The molecule has 33 heavy (non-hydrogen) atoms. The van der Waals surface area contributed by atoms with Crippen LogP contribution in [0.15, 0.2) is 35.5 Å². The van der Waals surface area contributed by atoms with E-state index in [1.54, 1.807) is 12.1 Å². The average Bonchev–Trinajstić information content (AvgIpc) is 2.78. The fourth-order valence-corrected chi connectivity index (χ4v) is 4.91. The number of nitrogens with zero attached hydrogens (tertiary/aromatic N) is 3. The molecule has 2 aliphatic heterocycles. The number of methoxy groups -OCH3 is 1. The molecular weight excluding hydrogens is 416 g/mol. The zero-order valence-corrected chi connectivity index (χ0v) is 20.2. The van der Waals surface area contributed by atoms with Gasteiger partial charge in [0.1, 0.15) is 5.75 Å².